The summed E-state index contributed by atoms with van der Waals surface area (Å²) < 4.78 is 0. The second kappa shape index (κ2) is 8.30. The van der Waals surface area contributed by atoms with Crippen molar-refractivity contribution in [2.24, 2.45) is 5.92 Å². The third-order valence-electron chi connectivity index (χ3n) is 5.82. The fraction of sp³-hybridized carbons (Fsp3) is 0.391. The van der Waals surface area contributed by atoms with E-state index in [4.69, 9.17) is 0 Å². The quantitative estimate of drug-likeness (QED) is 0.840. The van der Waals surface area contributed by atoms with Gasteiger partial charge in [-0.25, -0.2) is 0 Å². The molecule has 2 aromatic rings. The first-order chi connectivity index (χ1) is 13.6. The number of hydrogen-bond donors (Lipinski definition) is 2. The average molecular weight is 393 g/mol. The van der Waals surface area contributed by atoms with E-state index in [0.29, 0.717) is 18.0 Å². The van der Waals surface area contributed by atoms with Crippen molar-refractivity contribution in [1.29, 1.82) is 5.26 Å². The highest BCUT2D eigenvalue weighted by Crippen LogP contribution is 2.39. The number of nitrogens with one attached hydrogen (secondary N) is 2. The molecule has 0 bridgehead atoms. The molecule has 1 aliphatic heterocycles. The van der Waals surface area contributed by atoms with E-state index >= 15 is 0 Å². The van der Waals surface area contributed by atoms with E-state index in [9.17, 15) is 10.1 Å². The first-order valence-corrected chi connectivity index (χ1v) is 10.9. The van der Waals surface area contributed by atoms with Crippen LogP contribution in [0.25, 0.3) is 5.57 Å². The standard InChI is InChI=1S/C23H25N3OS/c1-16-7-8-19-20(14-24)23(28-21(19)13-16)25-22(27)15-26-11-9-18(10-12-26)17-5-3-2-4-6-17/h2-6,9,16H,7-8,10-13,15H2,1H3,(H,25,27)/p+1/t16-/m1/s1. The Morgan fingerprint density at radius 1 is 1.32 bits per heavy atom. The highest BCUT2D eigenvalue weighted by atomic mass is 32.1. The highest BCUT2D eigenvalue weighted by Gasteiger charge is 2.26. The zero-order chi connectivity index (χ0) is 19.5. The molecule has 2 atom stereocenters. The molecule has 4 nitrogen and oxygen atoms in total. The van der Waals surface area contributed by atoms with Gasteiger partial charge in [-0.05, 0) is 48.0 Å². The van der Waals surface area contributed by atoms with Gasteiger partial charge in [0.2, 0.25) is 0 Å². The molecule has 1 aliphatic carbocycles. The zero-order valence-electron chi connectivity index (χ0n) is 16.3. The summed E-state index contributed by atoms with van der Waals surface area (Å²) in [6, 6.07) is 12.8. The van der Waals surface area contributed by atoms with E-state index in [2.05, 4.69) is 48.7 Å². The third kappa shape index (κ3) is 4.04. The van der Waals surface area contributed by atoms with Gasteiger partial charge in [0.25, 0.3) is 5.91 Å². The van der Waals surface area contributed by atoms with Crippen molar-refractivity contribution in [2.75, 3.05) is 25.0 Å². The van der Waals surface area contributed by atoms with Gasteiger partial charge in [0, 0.05) is 11.3 Å². The molecule has 2 aliphatic rings. The lowest BCUT2D eigenvalue weighted by molar-refractivity contribution is -0.886. The van der Waals surface area contributed by atoms with Gasteiger partial charge in [0.05, 0.1) is 18.7 Å². The average Bonchev–Trinajstić information content (AvgIpc) is 3.04. The number of rotatable bonds is 4. The van der Waals surface area contributed by atoms with Crippen LogP contribution in [0.4, 0.5) is 5.00 Å². The van der Waals surface area contributed by atoms with Crippen LogP contribution in [-0.2, 0) is 17.6 Å². The summed E-state index contributed by atoms with van der Waals surface area (Å²) in [5, 5.41) is 13.4. The molecule has 144 valence electrons. The minimum Gasteiger partial charge on any atom is -0.324 e. The molecule has 0 radical (unpaired) electrons. The first kappa shape index (κ1) is 18.9. The number of benzene rings is 1. The van der Waals surface area contributed by atoms with Gasteiger partial charge in [-0.15, -0.1) is 11.3 Å². The lowest BCUT2D eigenvalue weighted by Crippen LogP contribution is -3.13. The number of anilines is 1. The zero-order valence-corrected chi connectivity index (χ0v) is 17.1. The maximum atomic E-state index is 12.6. The van der Waals surface area contributed by atoms with Crippen LogP contribution in [0.15, 0.2) is 36.4 Å². The van der Waals surface area contributed by atoms with Gasteiger partial charge in [-0.2, -0.15) is 5.26 Å². The van der Waals surface area contributed by atoms with Crippen LogP contribution >= 0.6 is 11.3 Å². The smallest absolute Gasteiger partial charge is 0.280 e. The molecule has 1 aromatic carbocycles. The minimum atomic E-state index is 0.00899. The SMILES string of the molecule is C[C@@H]1CCc2c(sc(NC(=O)C[NH+]3CC=C(c4ccccc4)CC3)c2C#N)C1. The van der Waals surface area contributed by atoms with Crippen LogP contribution in [0.3, 0.4) is 0 Å². The molecule has 4 rings (SSSR count). The Labute approximate surface area is 170 Å². The predicted octanol–water partition coefficient (Wildman–Crippen LogP) is 3.06. The van der Waals surface area contributed by atoms with Crippen molar-refractivity contribution in [3.8, 4) is 6.07 Å². The molecule has 1 amide bonds. The molecular weight excluding hydrogens is 366 g/mol. The highest BCUT2D eigenvalue weighted by molar-refractivity contribution is 7.16. The number of nitriles is 1. The van der Waals surface area contributed by atoms with Gasteiger partial charge < -0.3 is 10.2 Å². The van der Waals surface area contributed by atoms with E-state index in [1.54, 1.807) is 11.3 Å². The maximum absolute atomic E-state index is 12.6. The third-order valence-corrected chi connectivity index (χ3v) is 6.99. The van der Waals surface area contributed by atoms with E-state index < -0.39 is 0 Å². The van der Waals surface area contributed by atoms with Crippen molar-refractivity contribution in [3.63, 3.8) is 0 Å². The van der Waals surface area contributed by atoms with Crippen LogP contribution in [0.2, 0.25) is 0 Å². The fourth-order valence-electron chi connectivity index (χ4n) is 4.21. The normalized spacial score (nSPS) is 21.4. The Bertz CT molecular complexity index is 939. The summed E-state index contributed by atoms with van der Waals surface area (Å²) in [7, 11) is 0. The number of quaternary nitrogens is 1. The second-order valence-corrected chi connectivity index (χ2v) is 9.05. The summed E-state index contributed by atoms with van der Waals surface area (Å²) in [5.74, 6) is 0.666. The van der Waals surface area contributed by atoms with Gasteiger partial charge in [-0.3, -0.25) is 4.79 Å². The lowest BCUT2D eigenvalue weighted by atomic mass is 9.89. The van der Waals surface area contributed by atoms with Crippen molar-refractivity contribution in [1.82, 2.24) is 0 Å². The van der Waals surface area contributed by atoms with Crippen LogP contribution < -0.4 is 10.2 Å². The van der Waals surface area contributed by atoms with E-state index in [0.717, 1.165) is 43.8 Å². The van der Waals surface area contributed by atoms with E-state index in [1.807, 2.05) is 6.07 Å². The number of fused-ring (bicyclic) bond motifs is 1. The molecule has 1 unspecified atom stereocenters. The monoisotopic (exact) mass is 392 g/mol. The van der Waals surface area contributed by atoms with Crippen molar-refractivity contribution < 1.29 is 9.69 Å². The number of amides is 1. The fourth-order valence-corrected chi connectivity index (χ4v) is 5.59. The Hall–Kier alpha value is -2.42. The summed E-state index contributed by atoms with van der Waals surface area (Å²) >= 11 is 1.60. The van der Waals surface area contributed by atoms with Gasteiger partial charge >= 0.3 is 0 Å². The minimum absolute atomic E-state index is 0.00899. The van der Waals surface area contributed by atoms with Crippen LogP contribution in [0, 0.1) is 17.2 Å². The molecule has 1 aromatic heterocycles. The number of nitrogens with zero attached hydrogens (tertiary/aromatic N) is 1. The molecule has 0 saturated heterocycles. The molecule has 5 heteroatoms. The molecule has 2 heterocycles. The maximum Gasteiger partial charge on any atom is 0.280 e. The molecular formula is C23H26N3OS+. The topological polar surface area (TPSA) is 57.3 Å². The lowest BCUT2D eigenvalue weighted by Gasteiger charge is -2.23. The molecule has 0 spiro atoms. The second-order valence-electron chi connectivity index (χ2n) is 7.94. The predicted molar refractivity (Wildman–Crippen MR) is 113 cm³/mol. The Morgan fingerprint density at radius 2 is 2.14 bits per heavy atom. The summed E-state index contributed by atoms with van der Waals surface area (Å²) in [6.07, 6.45) is 6.35. The van der Waals surface area contributed by atoms with Crippen molar-refractivity contribution in [3.05, 3.63) is 58.0 Å². The van der Waals surface area contributed by atoms with Crippen molar-refractivity contribution in [2.45, 2.75) is 32.6 Å². The van der Waals surface area contributed by atoms with Crippen LogP contribution in [-0.4, -0.2) is 25.5 Å². The Kier molecular flexibility index (Phi) is 5.61. The number of carbonyl (C=O) groups is 1. The number of thiophene rings is 1. The molecule has 28 heavy (non-hydrogen) atoms. The molecule has 2 N–H and O–H groups in total. The number of hydrogen-bond acceptors (Lipinski definition) is 3. The van der Waals surface area contributed by atoms with Gasteiger partial charge in [0.15, 0.2) is 6.54 Å². The number of carbonyl (C=O) groups excluding carboxylic acids is 1. The Balaban J connectivity index is 1.38. The molecule has 0 fully saturated rings. The first-order valence-electron chi connectivity index (χ1n) is 10.1. The van der Waals surface area contributed by atoms with Crippen LogP contribution in [0.1, 0.15) is 41.3 Å². The van der Waals surface area contributed by atoms with E-state index in [-0.39, 0.29) is 5.91 Å². The largest absolute Gasteiger partial charge is 0.324 e. The van der Waals surface area contributed by atoms with E-state index in [1.165, 1.54) is 26.5 Å². The van der Waals surface area contributed by atoms with Crippen LogP contribution in [0.5, 0.6) is 0 Å². The van der Waals surface area contributed by atoms with Crippen molar-refractivity contribution >= 4 is 27.8 Å². The summed E-state index contributed by atoms with van der Waals surface area (Å²) in [6.45, 7) is 4.52. The molecule has 0 saturated carbocycles. The summed E-state index contributed by atoms with van der Waals surface area (Å²) in [4.78, 5) is 15.2. The van der Waals surface area contributed by atoms with Gasteiger partial charge in [-0.1, -0.05) is 37.3 Å². The summed E-state index contributed by atoms with van der Waals surface area (Å²) in [5.41, 5.74) is 4.52. The van der Waals surface area contributed by atoms with Gasteiger partial charge in [0.1, 0.15) is 11.1 Å². The Morgan fingerprint density at radius 3 is 2.86 bits per heavy atom.